The second kappa shape index (κ2) is 7.76. The maximum absolute atomic E-state index is 5.77. The summed E-state index contributed by atoms with van der Waals surface area (Å²) in [4.78, 5) is 5.60. The van der Waals surface area contributed by atoms with E-state index in [1.54, 1.807) is 11.3 Å². The largest absolute Gasteiger partial charge is 0.493 e. The van der Waals surface area contributed by atoms with Crippen molar-refractivity contribution in [1.82, 2.24) is 10.3 Å². The summed E-state index contributed by atoms with van der Waals surface area (Å²) in [7, 11) is 0. The molecular weight excluding hydrogens is 336 g/mol. The molecule has 0 fully saturated rings. The van der Waals surface area contributed by atoms with Crippen LogP contribution in [0.15, 0.2) is 28.9 Å². The van der Waals surface area contributed by atoms with E-state index in [-0.39, 0.29) is 0 Å². The molecule has 108 valence electrons. The van der Waals surface area contributed by atoms with Gasteiger partial charge in [0.15, 0.2) is 0 Å². The van der Waals surface area contributed by atoms with Gasteiger partial charge in [-0.2, -0.15) is 0 Å². The molecule has 0 unspecified atom stereocenters. The molecule has 1 heterocycles. The van der Waals surface area contributed by atoms with Crippen molar-refractivity contribution in [3.63, 3.8) is 0 Å². The predicted octanol–water partition coefficient (Wildman–Crippen LogP) is 4.29. The summed E-state index contributed by atoms with van der Waals surface area (Å²) in [6, 6.07) is 6.13. The van der Waals surface area contributed by atoms with Crippen molar-refractivity contribution < 1.29 is 4.74 Å². The molecule has 0 aliphatic rings. The van der Waals surface area contributed by atoms with Gasteiger partial charge in [0.1, 0.15) is 10.8 Å². The van der Waals surface area contributed by atoms with E-state index < -0.39 is 0 Å². The highest BCUT2D eigenvalue weighted by molar-refractivity contribution is 9.10. The summed E-state index contributed by atoms with van der Waals surface area (Å²) in [6.07, 6.45) is 2.93. The molecule has 5 heteroatoms. The van der Waals surface area contributed by atoms with Gasteiger partial charge in [-0.25, -0.2) is 4.98 Å². The van der Waals surface area contributed by atoms with Crippen molar-refractivity contribution >= 4 is 27.3 Å². The lowest BCUT2D eigenvalue weighted by Crippen LogP contribution is -2.13. The molecule has 0 radical (unpaired) electrons. The highest BCUT2D eigenvalue weighted by Gasteiger charge is 2.05. The Morgan fingerprint density at radius 3 is 2.90 bits per heavy atom. The molecule has 0 spiro atoms. The first kappa shape index (κ1) is 15.5. The smallest absolute Gasteiger partial charge is 0.123 e. The Labute approximate surface area is 132 Å². The molecule has 0 amide bonds. The maximum Gasteiger partial charge on any atom is 0.123 e. The molecule has 0 atom stereocenters. The Bertz CT molecular complexity index is 557. The molecule has 20 heavy (non-hydrogen) atoms. The molecule has 0 saturated carbocycles. The number of aromatic nitrogens is 1. The second-order valence-electron chi connectivity index (χ2n) is 4.57. The van der Waals surface area contributed by atoms with Crippen LogP contribution < -0.4 is 10.1 Å². The second-order valence-corrected chi connectivity index (χ2v) is 6.80. The number of aryl methyl sites for hydroxylation is 1. The zero-order valence-electron chi connectivity index (χ0n) is 11.8. The van der Waals surface area contributed by atoms with Gasteiger partial charge in [-0.3, -0.25) is 0 Å². The third-order valence-corrected chi connectivity index (χ3v) is 4.15. The van der Waals surface area contributed by atoms with Crippen LogP contribution in [0, 0.1) is 6.92 Å². The summed E-state index contributed by atoms with van der Waals surface area (Å²) in [6.45, 7) is 6.50. The van der Waals surface area contributed by atoms with E-state index in [2.05, 4.69) is 46.1 Å². The molecule has 0 aliphatic carbocycles. The molecule has 1 N–H and O–H groups in total. The normalized spacial score (nSPS) is 10.8. The van der Waals surface area contributed by atoms with Crippen LogP contribution >= 0.6 is 27.3 Å². The molecule has 1 aromatic carbocycles. The van der Waals surface area contributed by atoms with Crippen LogP contribution in [0.1, 0.15) is 28.8 Å². The molecular formula is C15H19BrN2OS. The molecule has 2 rings (SSSR count). The average Bonchev–Trinajstić information content (AvgIpc) is 2.84. The fourth-order valence-corrected chi connectivity index (χ4v) is 2.99. The molecule has 2 aromatic rings. The van der Waals surface area contributed by atoms with Crippen molar-refractivity contribution in [2.24, 2.45) is 0 Å². The number of ether oxygens (including phenoxy) is 1. The lowest BCUT2D eigenvalue weighted by Gasteiger charge is -2.12. The number of halogens is 1. The zero-order valence-corrected chi connectivity index (χ0v) is 14.2. The van der Waals surface area contributed by atoms with Crippen molar-refractivity contribution in [1.29, 1.82) is 0 Å². The van der Waals surface area contributed by atoms with Crippen LogP contribution in [-0.2, 0) is 13.1 Å². The van der Waals surface area contributed by atoms with Crippen LogP contribution in [0.5, 0.6) is 5.75 Å². The standard InChI is InChI=1S/C15H19BrN2OS/c1-3-6-19-14-5-4-13(16)7-12(14)9-17-10-15-18-8-11(2)20-15/h4-5,7-8,17H,3,6,9-10H2,1-2H3. The lowest BCUT2D eigenvalue weighted by atomic mass is 10.2. The van der Waals surface area contributed by atoms with Gasteiger partial charge in [0.2, 0.25) is 0 Å². The van der Waals surface area contributed by atoms with Gasteiger partial charge in [-0.15, -0.1) is 11.3 Å². The van der Waals surface area contributed by atoms with Gasteiger partial charge < -0.3 is 10.1 Å². The van der Waals surface area contributed by atoms with Crippen LogP contribution in [0.3, 0.4) is 0 Å². The number of nitrogens with zero attached hydrogens (tertiary/aromatic N) is 1. The van der Waals surface area contributed by atoms with Crippen molar-refractivity contribution in [3.8, 4) is 5.75 Å². The number of benzene rings is 1. The van der Waals surface area contributed by atoms with E-state index >= 15 is 0 Å². The van der Waals surface area contributed by atoms with Gasteiger partial charge in [0.05, 0.1) is 6.61 Å². The van der Waals surface area contributed by atoms with Crippen LogP contribution in [0.25, 0.3) is 0 Å². The minimum absolute atomic E-state index is 0.750. The van der Waals surface area contributed by atoms with E-state index in [4.69, 9.17) is 4.74 Å². The topological polar surface area (TPSA) is 34.1 Å². The highest BCUT2D eigenvalue weighted by Crippen LogP contribution is 2.23. The summed E-state index contributed by atoms with van der Waals surface area (Å²) >= 11 is 5.24. The molecule has 1 aromatic heterocycles. The Morgan fingerprint density at radius 2 is 2.20 bits per heavy atom. The lowest BCUT2D eigenvalue weighted by molar-refractivity contribution is 0.313. The highest BCUT2D eigenvalue weighted by atomic mass is 79.9. The third kappa shape index (κ3) is 4.58. The number of nitrogens with one attached hydrogen (secondary N) is 1. The first-order chi connectivity index (χ1) is 9.69. The van der Waals surface area contributed by atoms with E-state index in [9.17, 15) is 0 Å². The Morgan fingerprint density at radius 1 is 1.35 bits per heavy atom. The van der Waals surface area contributed by atoms with Crippen molar-refractivity contribution in [3.05, 3.63) is 44.3 Å². The molecule has 0 bridgehead atoms. The van der Waals surface area contributed by atoms with E-state index in [0.29, 0.717) is 0 Å². The Hall–Kier alpha value is -0.910. The van der Waals surface area contributed by atoms with Gasteiger partial charge in [-0.1, -0.05) is 22.9 Å². The van der Waals surface area contributed by atoms with Gasteiger partial charge in [0.25, 0.3) is 0 Å². The number of rotatable bonds is 7. The SMILES string of the molecule is CCCOc1ccc(Br)cc1CNCc1ncc(C)s1. The number of hydrogen-bond acceptors (Lipinski definition) is 4. The molecule has 0 saturated heterocycles. The molecule has 0 aliphatic heterocycles. The predicted molar refractivity (Wildman–Crippen MR) is 87.3 cm³/mol. The van der Waals surface area contributed by atoms with Crippen molar-refractivity contribution in [2.75, 3.05) is 6.61 Å². The quantitative estimate of drug-likeness (QED) is 0.804. The summed E-state index contributed by atoms with van der Waals surface area (Å²) in [5, 5.41) is 4.54. The van der Waals surface area contributed by atoms with Gasteiger partial charge in [-0.05, 0) is 31.5 Å². The van der Waals surface area contributed by atoms with Gasteiger partial charge in [0, 0.05) is 34.2 Å². The average molecular weight is 355 g/mol. The molecule has 3 nitrogen and oxygen atoms in total. The van der Waals surface area contributed by atoms with Crippen LogP contribution in [0.2, 0.25) is 0 Å². The summed E-state index contributed by atoms with van der Waals surface area (Å²) in [5.41, 5.74) is 1.17. The zero-order chi connectivity index (χ0) is 14.4. The minimum atomic E-state index is 0.750. The van der Waals surface area contributed by atoms with Crippen LogP contribution in [-0.4, -0.2) is 11.6 Å². The van der Waals surface area contributed by atoms with E-state index in [1.807, 2.05) is 18.3 Å². The first-order valence-electron chi connectivity index (χ1n) is 6.72. The Balaban J connectivity index is 1.95. The summed E-state index contributed by atoms with van der Waals surface area (Å²) in [5.74, 6) is 0.956. The van der Waals surface area contributed by atoms with Crippen LogP contribution in [0.4, 0.5) is 0 Å². The fraction of sp³-hybridized carbons (Fsp3) is 0.400. The maximum atomic E-state index is 5.77. The number of thiazole rings is 1. The van der Waals surface area contributed by atoms with Crippen molar-refractivity contribution in [2.45, 2.75) is 33.4 Å². The third-order valence-electron chi connectivity index (χ3n) is 2.75. The van der Waals surface area contributed by atoms with E-state index in [0.717, 1.165) is 41.3 Å². The minimum Gasteiger partial charge on any atom is -0.493 e. The Kier molecular flexibility index (Phi) is 6.01. The van der Waals surface area contributed by atoms with Gasteiger partial charge >= 0.3 is 0 Å². The number of hydrogen-bond donors (Lipinski definition) is 1. The van der Waals surface area contributed by atoms with E-state index in [1.165, 1.54) is 10.4 Å². The fourth-order valence-electron chi connectivity index (χ4n) is 1.83. The summed E-state index contributed by atoms with van der Waals surface area (Å²) < 4.78 is 6.85. The first-order valence-corrected chi connectivity index (χ1v) is 8.33. The monoisotopic (exact) mass is 354 g/mol.